The van der Waals surface area contributed by atoms with E-state index in [1.165, 1.54) is 0 Å². The zero-order chi connectivity index (χ0) is 20.6. The van der Waals surface area contributed by atoms with Crippen molar-refractivity contribution in [3.05, 3.63) is 36.5 Å². The molecule has 1 spiro atoms. The molecule has 5 rings (SSSR count). The maximum atomic E-state index is 13.2. The maximum absolute atomic E-state index is 13.2. The smallest absolute Gasteiger partial charge is 0.242 e. The van der Waals surface area contributed by atoms with Crippen LogP contribution in [0.5, 0.6) is 0 Å². The number of fused-ring (bicyclic) bond motifs is 1. The van der Waals surface area contributed by atoms with Crippen molar-refractivity contribution >= 4 is 22.7 Å². The van der Waals surface area contributed by atoms with Crippen LogP contribution in [0.1, 0.15) is 12.8 Å². The molecule has 30 heavy (non-hydrogen) atoms. The van der Waals surface area contributed by atoms with Crippen LogP contribution in [0.15, 0.2) is 36.5 Å². The Morgan fingerprint density at radius 1 is 1.00 bits per heavy atom. The first-order valence-corrected chi connectivity index (χ1v) is 11.1. The van der Waals surface area contributed by atoms with E-state index in [1.807, 2.05) is 44.8 Å². The second-order valence-electron chi connectivity index (χ2n) is 8.84. The van der Waals surface area contributed by atoms with Gasteiger partial charge in [-0.1, -0.05) is 18.2 Å². The Morgan fingerprint density at radius 2 is 1.80 bits per heavy atom. The predicted octanol–water partition coefficient (Wildman–Crippen LogP) is 1.42. The molecule has 1 atom stereocenters. The van der Waals surface area contributed by atoms with Crippen molar-refractivity contribution < 1.29 is 14.3 Å². The Bertz CT molecular complexity index is 935. The Hall–Kier alpha value is -2.38. The minimum atomic E-state index is -0.362. The number of amides is 2. The zero-order valence-corrected chi connectivity index (χ0v) is 17.5. The number of ether oxygens (including phenoxy) is 1. The van der Waals surface area contributed by atoms with Gasteiger partial charge in [0.1, 0.15) is 6.54 Å². The number of aromatic nitrogens is 1. The van der Waals surface area contributed by atoms with Gasteiger partial charge in [0, 0.05) is 57.5 Å². The van der Waals surface area contributed by atoms with Crippen LogP contribution < -0.4 is 0 Å². The Labute approximate surface area is 177 Å². The molecule has 3 fully saturated rings. The molecule has 0 saturated carbocycles. The van der Waals surface area contributed by atoms with Gasteiger partial charge in [-0.3, -0.25) is 14.5 Å². The van der Waals surface area contributed by atoms with E-state index in [1.54, 1.807) is 0 Å². The van der Waals surface area contributed by atoms with E-state index in [0.29, 0.717) is 19.6 Å². The maximum Gasteiger partial charge on any atom is 0.242 e. The third-order valence-corrected chi connectivity index (χ3v) is 7.08. The van der Waals surface area contributed by atoms with Crippen LogP contribution >= 0.6 is 0 Å². The highest BCUT2D eigenvalue weighted by molar-refractivity contribution is 5.88. The number of benzene rings is 1. The lowest BCUT2D eigenvalue weighted by Crippen LogP contribution is -2.44. The van der Waals surface area contributed by atoms with E-state index in [4.69, 9.17) is 4.74 Å². The molecular formula is C23H30N4O3. The van der Waals surface area contributed by atoms with Crippen LogP contribution in [-0.2, 0) is 20.9 Å². The standard InChI is InChI=1S/C23H30N4O3/c28-21(17-26-8-5-19-3-1-2-4-20(19)26)27-10-7-23(18-27)6-9-25(22(23)29)12-11-24-13-15-30-16-14-24/h1-5,8H,6-7,9-18H2. The molecule has 3 saturated heterocycles. The molecule has 2 aromatic rings. The number of rotatable bonds is 5. The number of hydrogen-bond acceptors (Lipinski definition) is 4. The Balaban J connectivity index is 1.18. The molecule has 2 amide bonds. The minimum absolute atomic E-state index is 0.104. The van der Waals surface area contributed by atoms with Crippen LogP contribution in [0.2, 0.25) is 0 Å². The first kappa shape index (κ1) is 19.6. The highest BCUT2D eigenvalue weighted by atomic mass is 16.5. The summed E-state index contributed by atoms with van der Waals surface area (Å²) >= 11 is 0. The van der Waals surface area contributed by atoms with Crippen LogP contribution in [0.25, 0.3) is 10.9 Å². The molecule has 3 aliphatic rings. The van der Waals surface area contributed by atoms with Crippen LogP contribution in [0.3, 0.4) is 0 Å². The van der Waals surface area contributed by atoms with Crippen LogP contribution in [-0.4, -0.2) is 90.1 Å². The number of carbonyl (C=O) groups excluding carboxylic acids is 2. The average molecular weight is 411 g/mol. The van der Waals surface area contributed by atoms with Crippen molar-refractivity contribution in [1.82, 2.24) is 19.3 Å². The molecule has 0 bridgehead atoms. The van der Waals surface area contributed by atoms with Gasteiger partial charge in [0.05, 0.1) is 18.6 Å². The van der Waals surface area contributed by atoms with E-state index in [9.17, 15) is 9.59 Å². The van der Waals surface area contributed by atoms with E-state index in [2.05, 4.69) is 11.0 Å². The molecule has 0 aliphatic carbocycles. The lowest BCUT2D eigenvalue weighted by molar-refractivity contribution is -0.136. The van der Waals surface area contributed by atoms with Gasteiger partial charge in [-0.2, -0.15) is 0 Å². The summed E-state index contributed by atoms with van der Waals surface area (Å²) in [7, 11) is 0. The van der Waals surface area contributed by atoms with E-state index < -0.39 is 0 Å². The Morgan fingerprint density at radius 3 is 2.67 bits per heavy atom. The number of hydrogen-bond donors (Lipinski definition) is 0. The summed E-state index contributed by atoms with van der Waals surface area (Å²) in [6.45, 7) is 7.55. The van der Waals surface area contributed by atoms with Gasteiger partial charge in [0.2, 0.25) is 11.8 Å². The van der Waals surface area contributed by atoms with Crippen molar-refractivity contribution in [2.24, 2.45) is 5.41 Å². The minimum Gasteiger partial charge on any atom is -0.379 e. The summed E-state index contributed by atoms with van der Waals surface area (Å²) in [4.78, 5) is 32.5. The average Bonchev–Trinajstić information content (AvgIpc) is 3.47. The quantitative estimate of drug-likeness (QED) is 0.748. The lowest BCUT2D eigenvalue weighted by Gasteiger charge is -2.29. The molecule has 1 unspecified atom stereocenters. The zero-order valence-electron chi connectivity index (χ0n) is 17.5. The van der Waals surface area contributed by atoms with E-state index in [0.717, 1.165) is 69.7 Å². The molecule has 160 valence electrons. The van der Waals surface area contributed by atoms with Gasteiger partial charge < -0.3 is 19.1 Å². The number of morpholine rings is 1. The van der Waals surface area contributed by atoms with Gasteiger partial charge in [-0.15, -0.1) is 0 Å². The molecule has 7 heteroatoms. The normalized spacial score (nSPS) is 25.1. The molecule has 1 aromatic heterocycles. The van der Waals surface area contributed by atoms with Gasteiger partial charge in [-0.05, 0) is 30.4 Å². The van der Waals surface area contributed by atoms with Crippen molar-refractivity contribution in [1.29, 1.82) is 0 Å². The SMILES string of the molecule is O=C(Cn1ccc2ccccc21)N1CCC2(CCN(CCN3CCOCC3)C2=O)C1. The second-order valence-corrected chi connectivity index (χ2v) is 8.84. The fourth-order valence-corrected chi connectivity index (χ4v) is 5.18. The lowest BCUT2D eigenvalue weighted by atomic mass is 9.85. The van der Waals surface area contributed by atoms with Crippen molar-refractivity contribution in [2.45, 2.75) is 19.4 Å². The summed E-state index contributed by atoms with van der Waals surface area (Å²) < 4.78 is 7.41. The fraction of sp³-hybridized carbons (Fsp3) is 0.565. The molecule has 1 aromatic carbocycles. The number of likely N-dealkylation sites (tertiary alicyclic amines) is 2. The van der Waals surface area contributed by atoms with Crippen LogP contribution in [0.4, 0.5) is 0 Å². The summed E-state index contributed by atoms with van der Waals surface area (Å²) in [5, 5.41) is 1.14. The fourth-order valence-electron chi connectivity index (χ4n) is 5.18. The van der Waals surface area contributed by atoms with E-state index >= 15 is 0 Å². The van der Waals surface area contributed by atoms with Crippen molar-refractivity contribution in [3.63, 3.8) is 0 Å². The third-order valence-electron chi connectivity index (χ3n) is 7.08. The largest absolute Gasteiger partial charge is 0.379 e. The van der Waals surface area contributed by atoms with Gasteiger partial charge >= 0.3 is 0 Å². The first-order chi connectivity index (χ1) is 14.6. The molecule has 4 heterocycles. The summed E-state index contributed by atoms with van der Waals surface area (Å²) in [5.41, 5.74) is 0.713. The summed E-state index contributed by atoms with van der Waals surface area (Å²) in [5.74, 6) is 0.352. The molecular weight excluding hydrogens is 380 g/mol. The molecule has 7 nitrogen and oxygen atoms in total. The summed E-state index contributed by atoms with van der Waals surface area (Å²) in [6.07, 6.45) is 3.63. The topological polar surface area (TPSA) is 58.0 Å². The van der Waals surface area contributed by atoms with Crippen molar-refractivity contribution in [3.8, 4) is 0 Å². The van der Waals surface area contributed by atoms with Gasteiger partial charge in [0.25, 0.3) is 0 Å². The number of nitrogens with zero attached hydrogens (tertiary/aromatic N) is 4. The number of para-hydroxylation sites is 1. The molecule has 0 radical (unpaired) electrons. The third kappa shape index (κ3) is 3.61. The van der Waals surface area contributed by atoms with Gasteiger partial charge in [0.15, 0.2) is 0 Å². The van der Waals surface area contributed by atoms with Crippen LogP contribution in [0, 0.1) is 5.41 Å². The first-order valence-electron chi connectivity index (χ1n) is 11.1. The van der Waals surface area contributed by atoms with E-state index in [-0.39, 0.29) is 17.2 Å². The Kier molecular flexibility index (Phi) is 5.25. The monoisotopic (exact) mass is 410 g/mol. The highest BCUT2D eigenvalue weighted by Crippen LogP contribution is 2.40. The second kappa shape index (κ2) is 8.04. The molecule has 0 N–H and O–H groups in total. The predicted molar refractivity (Wildman–Crippen MR) is 114 cm³/mol. The summed E-state index contributed by atoms with van der Waals surface area (Å²) in [6, 6.07) is 10.2. The molecule has 3 aliphatic heterocycles. The van der Waals surface area contributed by atoms with Crippen molar-refractivity contribution in [2.75, 3.05) is 59.0 Å². The number of carbonyl (C=O) groups is 2. The van der Waals surface area contributed by atoms with Gasteiger partial charge in [-0.25, -0.2) is 0 Å². The highest BCUT2D eigenvalue weighted by Gasteiger charge is 2.51.